The Morgan fingerprint density at radius 1 is 1.75 bits per heavy atom. The van der Waals surface area contributed by atoms with Gasteiger partial charge in [-0.2, -0.15) is 0 Å². The molecule has 1 aliphatic rings. The molecule has 1 atom stereocenters. The van der Waals surface area contributed by atoms with Crippen molar-refractivity contribution in [3.05, 3.63) is 0 Å². The topological polar surface area (TPSA) is 59.6 Å². The first kappa shape index (κ1) is 9.48. The predicted octanol–water partition coefficient (Wildman–Crippen LogP) is 0.0896. The molecular formula is C8H17N3O. The lowest BCUT2D eigenvalue weighted by molar-refractivity contribution is 0.155. The molecule has 70 valence electrons. The molecule has 0 aromatic rings. The molecule has 4 heteroatoms. The van der Waals surface area contributed by atoms with Crippen LogP contribution in [0.1, 0.15) is 20.3 Å². The highest BCUT2D eigenvalue weighted by Crippen LogP contribution is 2.11. The Balaban J connectivity index is 2.59. The Morgan fingerprint density at radius 2 is 2.50 bits per heavy atom. The van der Waals surface area contributed by atoms with Crippen molar-refractivity contribution in [3.8, 4) is 0 Å². The Labute approximate surface area is 73.1 Å². The number of nitrogens with zero attached hydrogens (tertiary/aromatic N) is 1. The summed E-state index contributed by atoms with van der Waals surface area (Å²) in [7, 11) is 0. The SMILES string of the molecule is CCON=C1CNCCC1(C)N. The largest absolute Gasteiger partial charge is 0.396 e. The smallest absolute Gasteiger partial charge is 0.114 e. The second-order valence-electron chi connectivity index (χ2n) is 3.30. The van der Waals surface area contributed by atoms with E-state index < -0.39 is 0 Å². The maximum atomic E-state index is 6.01. The third kappa shape index (κ3) is 2.19. The van der Waals surface area contributed by atoms with E-state index in [1.807, 2.05) is 13.8 Å². The van der Waals surface area contributed by atoms with E-state index in [9.17, 15) is 0 Å². The molecule has 3 N–H and O–H groups in total. The van der Waals surface area contributed by atoms with Crippen LogP contribution in [-0.4, -0.2) is 30.9 Å². The van der Waals surface area contributed by atoms with Gasteiger partial charge in [0.25, 0.3) is 0 Å². The standard InChI is InChI=1S/C8H17N3O/c1-3-12-11-7-6-10-5-4-8(7,2)9/h10H,3-6,9H2,1-2H3. The maximum absolute atomic E-state index is 6.01. The third-order valence-electron chi connectivity index (χ3n) is 2.08. The molecule has 4 nitrogen and oxygen atoms in total. The fourth-order valence-electron chi connectivity index (χ4n) is 1.18. The zero-order valence-electron chi connectivity index (χ0n) is 7.76. The molecule has 12 heavy (non-hydrogen) atoms. The summed E-state index contributed by atoms with van der Waals surface area (Å²) in [5.74, 6) is 0. The first-order chi connectivity index (χ1) is 5.67. The number of hydrogen-bond donors (Lipinski definition) is 2. The van der Waals surface area contributed by atoms with Crippen LogP contribution >= 0.6 is 0 Å². The highest BCUT2D eigenvalue weighted by Gasteiger charge is 2.29. The lowest BCUT2D eigenvalue weighted by atomic mass is 9.90. The number of rotatable bonds is 2. The first-order valence-corrected chi connectivity index (χ1v) is 4.35. The van der Waals surface area contributed by atoms with Crippen LogP contribution in [-0.2, 0) is 4.84 Å². The third-order valence-corrected chi connectivity index (χ3v) is 2.08. The molecule has 1 rings (SSSR count). The molecule has 1 aliphatic heterocycles. The van der Waals surface area contributed by atoms with Crippen LogP contribution in [0.4, 0.5) is 0 Å². The van der Waals surface area contributed by atoms with Crippen molar-refractivity contribution >= 4 is 5.71 Å². The molecule has 1 fully saturated rings. The monoisotopic (exact) mass is 171 g/mol. The van der Waals surface area contributed by atoms with Crippen molar-refractivity contribution in [1.29, 1.82) is 0 Å². The summed E-state index contributed by atoms with van der Waals surface area (Å²) < 4.78 is 0. The number of nitrogens with one attached hydrogen (secondary N) is 1. The molecule has 0 bridgehead atoms. The second-order valence-corrected chi connectivity index (χ2v) is 3.30. The molecule has 0 amide bonds. The van der Waals surface area contributed by atoms with Gasteiger partial charge in [-0.25, -0.2) is 0 Å². The van der Waals surface area contributed by atoms with Crippen molar-refractivity contribution in [2.45, 2.75) is 25.8 Å². The van der Waals surface area contributed by atoms with E-state index in [1.54, 1.807) is 0 Å². The van der Waals surface area contributed by atoms with E-state index in [1.165, 1.54) is 0 Å². The maximum Gasteiger partial charge on any atom is 0.114 e. The summed E-state index contributed by atoms with van der Waals surface area (Å²) in [6, 6.07) is 0. The van der Waals surface area contributed by atoms with Gasteiger partial charge in [0.05, 0.1) is 11.3 Å². The zero-order chi connectivity index (χ0) is 9.03. The van der Waals surface area contributed by atoms with E-state index in [-0.39, 0.29) is 5.54 Å². The fourth-order valence-corrected chi connectivity index (χ4v) is 1.18. The predicted molar refractivity (Wildman–Crippen MR) is 49.1 cm³/mol. The van der Waals surface area contributed by atoms with Gasteiger partial charge in [-0.3, -0.25) is 0 Å². The molecule has 1 saturated heterocycles. The summed E-state index contributed by atoms with van der Waals surface area (Å²) in [6.45, 7) is 6.20. The van der Waals surface area contributed by atoms with Crippen LogP contribution in [0.5, 0.6) is 0 Å². The van der Waals surface area contributed by atoms with Gasteiger partial charge in [0.2, 0.25) is 0 Å². The molecule has 0 saturated carbocycles. The van der Waals surface area contributed by atoms with Gasteiger partial charge in [-0.1, -0.05) is 5.16 Å². The Morgan fingerprint density at radius 3 is 3.08 bits per heavy atom. The molecule has 0 spiro atoms. The Bertz CT molecular complexity index is 177. The van der Waals surface area contributed by atoms with Gasteiger partial charge in [-0.05, 0) is 26.8 Å². The van der Waals surface area contributed by atoms with Crippen LogP contribution in [0.2, 0.25) is 0 Å². The molecule has 0 aromatic heterocycles. The summed E-state index contributed by atoms with van der Waals surface area (Å²) in [5.41, 5.74) is 6.63. The lowest BCUT2D eigenvalue weighted by Gasteiger charge is -2.30. The summed E-state index contributed by atoms with van der Waals surface area (Å²) in [6.07, 6.45) is 0.916. The van der Waals surface area contributed by atoms with Crippen LogP contribution in [0.15, 0.2) is 5.16 Å². The van der Waals surface area contributed by atoms with Gasteiger partial charge < -0.3 is 15.9 Å². The van der Waals surface area contributed by atoms with Crippen molar-refractivity contribution in [1.82, 2.24) is 5.32 Å². The second kappa shape index (κ2) is 3.87. The van der Waals surface area contributed by atoms with Gasteiger partial charge in [0, 0.05) is 6.54 Å². The number of hydrogen-bond acceptors (Lipinski definition) is 4. The minimum atomic E-state index is -0.291. The van der Waals surface area contributed by atoms with Crippen LogP contribution in [0.25, 0.3) is 0 Å². The van der Waals surface area contributed by atoms with E-state index in [4.69, 9.17) is 10.6 Å². The van der Waals surface area contributed by atoms with Crippen LogP contribution < -0.4 is 11.1 Å². The highest BCUT2D eigenvalue weighted by molar-refractivity contribution is 5.94. The summed E-state index contributed by atoms with van der Waals surface area (Å²) in [4.78, 5) is 4.98. The number of nitrogens with two attached hydrogens (primary N) is 1. The minimum Gasteiger partial charge on any atom is -0.396 e. The summed E-state index contributed by atoms with van der Waals surface area (Å²) >= 11 is 0. The fraction of sp³-hybridized carbons (Fsp3) is 0.875. The zero-order valence-corrected chi connectivity index (χ0v) is 7.76. The molecule has 1 heterocycles. The molecule has 0 aliphatic carbocycles. The first-order valence-electron chi connectivity index (χ1n) is 4.35. The average Bonchev–Trinajstić information content (AvgIpc) is 2.02. The van der Waals surface area contributed by atoms with Crippen LogP contribution in [0, 0.1) is 0 Å². The van der Waals surface area contributed by atoms with E-state index >= 15 is 0 Å². The van der Waals surface area contributed by atoms with Crippen molar-refractivity contribution in [2.75, 3.05) is 19.7 Å². The van der Waals surface area contributed by atoms with Crippen LogP contribution in [0.3, 0.4) is 0 Å². The van der Waals surface area contributed by atoms with Crippen molar-refractivity contribution < 1.29 is 4.84 Å². The van der Waals surface area contributed by atoms with Crippen molar-refractivity contribution in [3.63, 3.8) is 0 Å². The van der Waals surface area contributed by atoms with Gasteiger partial charge >= 0.3 is 0 Å². The molecule has 0 radical (unpaired) electrons. The van der Waals surface area contributed by atoms with E-state index in [2.05, 4.69) is 10.5 Å². The lowest BCUT2D eigenvalue weighted by Crippen LogP contribution is -2.55. The number of piperidine rings is 1. The van der Waals surface area contributed by atoms with Gasteiger partial charge in [0.15, 0.2) is 0 Å². The Hall–Kier alpha value is -0.610. The summed E-state index contributed by atoms with van der Waals surface area (Å²) in [5, 5.41) is 7.19. The molecule has 0 aromatic carbocycles. The molecular weight excluding hydrogens is 154 g/mol. The quantitative estimate of drug-likeness (QED) is 0.579. The minimum absolute atomic E-state index is 0.291. The Kier molecular flexibility index (Phi) is 3.05. The molecule has 1 unspecified atom stereocenters. The van der Waals surface area contributed by atoms with Gasteiger partial charge in [0.1, 0.15) is 6.61 Å². The normalized spacial score (nSPS) is 33.8. The van der Waals surface area contributed by atoms with Gasteiger partial charge in [-0.15, -0.1) is 0 Å². The highest BCUT2D eigenvalue weighted by atomic mass is 16.6. The van der Waals surface area contributed by atoms with Crippen molar-refractivity contribution in [2.24, 2.45) is 10.9 Å². The number of oxime groups is 1. The van der Waals surface area contributed by atoms with E-state index in [0.717, 1.165) is 25.2 Å². The average molecular weight is 171 g/mol. The van der Waals surface area contributed by atoms with E-state index in [0.29, 0.717) is 6.61 Å².